The molecular formula is C20H22O5. The Morgan fingerprint density at radius 1 is 0.880 bits per heavy atom. The second-order valence-corrected chi connectivity index (χ2v) is 5.10. The smallest absolute Gasteiger partial charge is 0.338 e. The zero-order chi connectivity index (χ0) is 18.2. The first-order valence-corrected chi connectivity index (χ1v) is 7.88. The van der Waals surface area contributed by atoms with Crippen LogP contribution < -0.4 is 14.2 Å². The van der Waals surface area contributed by atoms with Gasteiger partial charge in [-0.15, -0.1) is 0 Å². The van der Waals surface area contributed by atoms with Crippen molar-refractivity contribution in [3.8, 4) is 17.2 Å². The topological polar surface area (TPSA) is 54.0 Å². The summed E-state index contributed by atoms with van der Waals surface area (Å²) in [6, 6.07) is 10.9. The van der Waals surface area contributed by atoms with Gasteiger partial charge in [0.1, 0.15) is 0 Å². The Morgan fingerprint density at radius 3 is 2.12 bits per heavy atom. The van der Waals surface area contributed by atoms with Gasteiger partial charge < -0.3 is 18.9 Å². The SMILES string of the molecule is CCOC(=O)c1ccc(C=Cc2ccc(OC)c(OC)c2OC)cc1. The fraction of sp³-hybridized carbons (Fsp3) is 0.250. The van der Waals surface area contributed by atoms with Crippen LogP contribution in [0.1, 0.15) is 28.4 Å². The van der Waals surface area contributed by atoms with E-state index in [2.05, 4.69) is 0 Å². The molecule has 0 saturated carbocycles. The molecule has 0 aliphatic heterocycles. The minimum atomic E-state index is -0.320. The van der Waals surface area contributed by atoms with E-state index in [4.69, 9.17) is 18.9 Å². The van der Waals surface area contributed by atoms with Gasteiger partial charge in [-0.3, -0.25) is 0 Å². The van der Waals surface area contributed by atoms with Crippen molar-refractivity contribution in [3.05, 3.63) is 53.1 Å². The Kier molecular flexibility index (Phi) is 6.46. The molecule has 25 heavy (non-hydrogen) atoms. The van der Waals surface area contributed by atoms with E-state index in [-0.39, 0.29) is 5.97 Å². The lowest BCUT2D eigenvalue weighted by Gasteiger charge is -2.14. The van der Waals surface area contributed by atoms with Gasteiger partial charge in [-0.25, -0.2) is 4.79 Å². The highest BCUT2D eigenvalue weighted by molar-refractivity contribution is 5.89. The Labute approximate surface area is 147 Å². The maximum absolute atomic E-state index is 11.7. The molecule has 2 aromatic rings. The largest absolute Gasteiger partial charge is 0.493 e. The third-order valence-electron chi connectivity index (χ3n) is 3.61. The first-order chi connectivity index (χ1) is 12.1. The summed E-state index contributed by atoms with van der Waals surface area (Å²) in [7, 11) is 4.74. The second kappa shape index (κ2) is 8.78. The summed E-state index contributed by atoms with van der Waals surface area (Å²) < 4.78 is 21.1. The van der Waals surface area contributed by atoms with Gasteiger partial charge >= 0.3 is 5.97 Å². The summed E-state index contributed by atoms with van der Waals surface area (Å²) in [4.78, 5) is 11.7. The van der Waals surface area contributed by atoms with Crippen LogP contribution in [0.15, 0.2) is 36.4 Å². The lowest BCUT2D eigenvalue weighted by Crippen LogP contribution is -2.03. The van der Waals surface area contributed by atoms with Gasteiger partial charge in [-0.05, 0) is 36.8 Å². The molecule has 0 unspecified atom stereocenters. The van der Waals surface area contributed by atoms with Crippen LogP contribution in [0.25, 0.3) is 12.2 Å². The highest BCUT2D eigenvalue weighted by Crippen LogP contribution is 2.40. The van der Waals surface area contributed by atoms with E-state index < -0.39 is 0 Å². The number of benzene rings is 2. The summed E-state index contributed by atoms with van der Waals surface area (Å²) in [5, 5.41) is 0. The fourth-order valence-electron chi connectivity index (χ4n) is 2.39. The van der Waals surface area contributed by atoms with E-state index >= 15 is 0 Å². The summed E-state index contributed by atoms with van der Waals surface area (Å²) in [6.45, 7) is 2.14. The summed E-state index contributed by atoms with van der Waals surface area (Å²) in [6.07, 6.45) is 3.85. The van der Waals surface area contributed by atoms with Crippen LogP contribution in [0.5, 0.6) is 17.2 Å². The van der Waals surface area contributed by atoms with Crippen molar-refractivity contribution in [3.63, 3.8) is 0 Å². The number of carbonyl (C=O) groups excluding carboxylic acids is 1. The molecule has 5 nitrogen and oxygen atoms in total. The highest BCUT2D eigenvalue weighted by Gasteiger charge is 2.14. The normalized spacial score (nSPS) is 10.6. The lowest BCUT2D eigenvalue weighted by molar-refractivity contribution is 0.0526. The van der Waals surface area contributed by atoms with E-state index in [0.717, 1.165) is 11.1 Å². The molecular weight excluding hydrogens is 320 g/mol. The fourth-order valence-corrected chi connectivity index (χ4v) is 2.39. The number of rotatable bonds is 7. The molecule has 0 saturated heterocycles. The van der Waals surface area contributed by atoms with Crippen LogP contribution in [-0.2, 0) is 4.74 Å². The minimum Gasteiger partial charge on any atom is -0.493 e. The lowest BCUT2D eigenvalue weighted by atomic mass is 10.1. The van der Waals surface area contributed by atoms with Crippen molar-refractivity contribution in [1.29, 1.82) is 0 Å². The average molecular weight is 342 g/mol. The predicted octanol–water partition coefficient (Wildman–Crippen LogP) is 4.06. The van der Waals surface area contributed by atoms with Gasteiger partial charge in [0.05, 0.1) is 33.5 Å². The summed E-state index contributed by atoms with van der Waals surface area (Å²) >= 11 is 0. The second-order valence-electron chi connectivity index (χ2n) is 5.10. The van der Waals surface area contributed by atoms with E-state index in [1.165, 1.54) is 0 Å². The summed E-state index contributed by atoms with van der Waals surface area (Å²) in [5.41, 5.74) is 2.34. The molecule has 0 fully saturated rings. The summed E-state index contributed by atoms with van der Waals surface area (Å²) in [5.74, 6) is 1.43. The quantitative estimate of drug-likeness (QED) is 0.561. The van der Waals surface area contributed by atoms with E-state index in [1.807, 2.05) is 36.4 Å². The highest BCUT2D eigenvalue weighted by atomic mass is 16.5. The van der Waals surface area contributed by atoms with Crippen LogP contribution in [0.4, 0.5) is 0 Å². The third kappa shape index (κ3) is 4.32. The van der Waals surface area contributed by atoms with Crippen molar-refractivity contribution in [2.45, 2.75) is 6.92 Å². The number of methoxy groups -OCH3 is 3. The maximum Gasteiger partial charge on any atom is 0.338 e. The van der Waals surface area contributed by atoms with Crippen LogP contribution in [0.2, 0.25) is 0 Å². The predicted molar refractivity (Wildman–Crippen MR) is 97.4 cm³/mol. The molecule has 5 heteroatoms. The molecule has 0 N–H and O–H groups in total. The zero-order valence-corrected chi connectivity index (χ0v) is 14.9. The Hall–Kier alpha value is -2.95. The van der Waals surface area contributed by atoms with Gasteiger partial charge in [-0.1, -0.05) is 24.3 Å². The van der Waals surface area contributed by atoms with Crippen LogP contribution >= 0.6 is 0 Å². The molecule has 0 amide bonds. The molecule has 132 valence electrons. The number of hydrogen-bond acceptors (Lipinski definition) is 5. The average Bonchev–Trinajstić information content (AvgIpc) is 2.65. The first-order valence-electron chi connectivity index (χ1n) is 7.88. The van der Waals surface area contributed by atoms with Crippen molar-refractivity contribution < 1.29 is 23.7 Å². The molecule has 0 heterocycles. The molecule has 0 bridgehead atoms. The molecule has 0 aromatic heterocycles. The molecule has 0 aliphatic carbocycles. The Morgan fingerprint density at radius 2 is 1.56 bits per heavy atom. The molecule has 2 aromatic carbocycles. The third-order valence-corrected chi connectivity index (χ3v) is 3.61. The van der Waals surface area contributed by atoms with Crippen molar-refractivity contribution in [2.24, 2.45) is 0 Å². The molecule has 0 atom stereocenters. The van der Waals surface area contributed by atoms with Crippen LogP contribution in [0, 0.1) is 0 Å². The Balaban J connectivity index is 2.26. The number of ether oxygens (including phenoxy) is 4. The van der Waals surface area contributed by atoms with Gasteiger partial charge in [0.25, 0.3) is 0 Å². The van der Waals surface area contributed by atoms with Gasteiger partial charge in [0, 0.05) is 5.56 Å². The Bertz CT molecular complexity index is 747. The van der Waals surface area contributed by atoms with Crippen molar-refractivity contribution in [2.75, 3.05) is 27.9 Å². The zero-order valence-electron chi connectivity index (χ0n) is 14.9. The van der Waals surface area contributed by atoms with Crippen LogP contribution in [-0.4, -0.2) is 33.9 Å². The molecule has 0 aliphatic rings. The first kappa shape index (κ1) is 18.4. The standard InChI is InChI=1S/C20H22O5/c1-5-25-20(21)16-10-7-14(8-11-16)6-9-15-12-13-17(22-2)19(24-4)18(15)23-3/h6-13H,5H2,1-4H3. The van der Waals surface area contributed by atoms with E-state index in [0.29, 0.717) is 29.4 Å². The molecule has 0 spiro atoms. The molecule has 2 rings (SSSR count). The van der Waals surface area contributed by atoms with E-state index in [1.54, 1.807) is 40.4 Å². The van der Waals surface area contributed by atoms with E-state index in [9.17, 15) is 4.79 Å². The number of esters is 1. The van der Waals surface area contributed by atoms with Gasteiger partial charge in [0.15, 0.2) is 11.5 Å². The number of hydrogen-bond donors (Lipinski definition) is 0. The monoisotopic (exact) mass is 342 g/mol. The number of carbonyl (C=O) groups is 1. The molecule has 0 radical (unpaired) electrons. The maximum atomic E-state index is 11.7. The van der Waals surface area contributed by atoms with Gasteiger partial charge in [0.2, 0.25) is 5.75 Å². The van der Waals surface area contributed by atoms with Gasteiger partial charge in [-0.2, -0.15) is 0 Å². The minimum absolute atomic E-state index is 0.320. The van der Waals surface area contributed by atoms with Crippen molar-refractivity contribution in [1.82, 2.24) is 0 Å². The van der Waals surface area contributed by atoms with Crippen molar-refractivity contribution >= 4 is 18.1 Å². The van der Waals surface area contributed by atoms with Crippen LogP contribution in [0.3, 0.4) is 0 Å².